The first-order valence-electron chi connectivity index (χ1n) is 6.23. The minimum Gasteiger partial charge on any atom is -0.396 e. The van der Waals surface area contributed by atoms with E-state index in [0.29, 0.717) is 13.0 Å². The Morgan fingerprint density at radius 2 is 2.22 bits per heavy atom. The van der Waals surface area contributed by atoms with Gasteiger partial charge in [-0.25, -0.2) is 8.42 Å². The van der Waals surface area contributed by atoms with E-state index in [1.54, 1.807) is 0 Å². The molecule has 1 aliphatic heterocycles. The van der Waals surface area contributed by atoms with Crippen molar-refractivity contribution < 1.29 is 13.5 Å². The predicted molar refractivity (Wildman–Crippen MR) is 72.1 cm³/mol. The van der Waals surface area contributed by atoms with Gasteiger partial charge < -0.3 is 5.11 Å². The molecular weight excluding hydrogens is 250 g/mol. The lowest BCUT2D eigenvalue weighted by molar-refractivity contribution is 0.288. The fourth-order valence-electron chi connectivity index (χ4n) is 2.32. The highest BCUT2D eigenvalue weighted by Gasteiger charge is 2.33. The van der Waals surface area contributed by atoms with E-state index in [1.807, 2.05) is 31.2 Å². The molecule has 5 heteroatoms. The highest BCUT2D eigenvalue weighted by atomic mass is 32.2. The molecule has 0 amide bonds. The molecule has 100 valence electrons. The maximum absolute atomic E-state index is 12.0. The molecule has 0 saturated carbocycles. The largest absolute Gasteiger partial charge is 0.396 e. The van der Waals surface area contributed by atoms with Gasteiger partial charge in [-0.05, 0) is 36.5 Å². The van der Waals surface area contributed by atoms with Crippen LogP contribution in [0, 0.1) is 5.92 Å². The van der Waals surface area contributed by atoms with Gasteiger partial charge in [-0.1, -0.05) is 19.1 Å². The molecular formula is C13H19NO3S. The summed E-state index contributed by atoms with van der Waals surface area (Å²) in [6, 6.07) is 7.58. The average molecular weight is 269 g/mol. The average Bonchev–Trinajstić information content (AvgIpc) is 2.60. The second kappa shape index (κ2) is 5.28. The van der Waals surface area contributed by atoms with Gasteiger partial charge >= 0.3 is 0 Å². The van der Waals surface area contributed by atoms with Gasteiger partial charge in [0.1, 0.15) is 0 Å². The van der Waals surface area contributed by atoms with E-state index < -0.39 is 10.0 Å². The third-order valence-corrected chi connectivity index (χ3v) is 5.15. The van der Waals surface area contributed by atoms with Crippen LogP contribution in [0.4, 0.5) is 5.69 Å². The van der Waals surface area contributed by atoms with Gasteiger partial charge in [0.2, 0.25) is 10.0 Å². The number of aryl methyl sites for hydroxylation is 1. The maximum atomic E-state index is 12.0. The van der Waals surface area contributed by atoms with E-state index in [1.165, 1.54) is 4.31 Å². The Kier molecular flexibility index (Phi) is 3.92. The minimum absolute atomic E-state index is 0.156. The Morgan fingerprint density at radius 3 is 2.83 bits per heavy atom. The van der Waals surface area contributed by atoms with E-state index in [2.05, 4.69) is 0 Å². The van der Waals surface area contributed by atoms with Crippen molar-refractivity contribution in [3.05, 3.63) is 29.8 Å². The molecule has 1 aromatic carbocycles. The van der Waals surface area contributed by atoms with E-state index in [-0.39, 0.29) is 18.3 Å². The molecule has 1 aromatic rings. The molecule has 1 saturated heterocycles. The maximum Gasteiger partial charge on any atom is 0.235 e. The lowest BCUT2D eigenvalue weighted by Gasteiger charge is -2.18. The third-order valence-electron chi connectivity index (χ3n) is 3.13. The van der Waals surface area contributed by atoms with Crippen LogP contribution < -0.4 is 4.31 Å². The first kappa shape index (κ1) is 13.4. The van der Waals surface area contributed by atoms with Crippen LogP contribution in [0.15, 0.2) is 24.3 Å². The van der Waals surface area contributed by atoms with E-state index in [0.717, 1.165) is 17.7 Å². The molecule has 0 spiro atoms. The van der Waals surface area contributed by atoms with E-state index >= 15 is 0 Å². The molecule has 0 bridgehead atoms. The smallest absolute Gasteiger partial charge is 0.235 e. The number of hydrogen-bond donors (Lipinski definition) is 1. The van der Waals surface area contributed by atoms with Crippen LogP contribution in [-0.2, 0) is 16.4 Å². The number of rotatable bonds is 4. The Morgan fingerprint density at radius 1 is 1.44 bits per heavy atom. The minimum atomic E-state index is -3.14. The predicted octanol–water partition coefficient (Wildman–Crippen LogP) is 1.40. The van der Waals surface area contributed by atoms with Crippen molar-refractivity contribution in [2.45, 2.75) is 19.8 Å². The van der Waals surface area contributed by atoms with Gasteiger partial charge in [0.25, 0.3) is 0 Å². The summed E-state index contributed by atoms with van der Waals surface area (Å²) in [5, 5.41) is 8.82. The molecule has 2 rings (SSSR count). The monoisotopic (exact) mass is 269 g/mol. The number of aliphatic hydroxyl groups is 1. The summed E-state index contributed by atoms with van der Waals surface area (Å²) in [4.78, 5) is 0. The normalized spacial score (nSPS) is 22.3. The molecule has 0 aliphatic carbocycles. The van der Waals surface area contributed by atoms with Gasteiger partial charge in [-0.15, -0.1) is 0 Å². The lowest BCUT2D eigenvalue weighted by atomic mass is 10.1. The zero-order valence-corrected chi connectivity index (χ0v) is 11.4. The summed E-state index contributed by atoms with van der Waals surface area (Å²) in [5.74, 6) is 0.407. The van der Waals surface area contributed by atoms with Crippen molar-refractivity contribution in [2.75, 3.05) is 23.2 Å². The van der Waals surface area contributed by atoms with Crippen LogP contribution in [0.1, 0.15) is 18.9 Å². The SMILES string of the molecule is CC1CN(c2cccc(CCCO)c2)S(=O)(=O)C1. The fraction of sp³-hybridized carbons (Fsp3) is 0.538. The number of aliphatic hydroxyl groups excluding tert-OH is 1. The quantitative estimate of drug-likeness (QED) is 0.899. The number of benzene rings is 1. The lowest BCUT2D eigenvalue weighted by Crippen LogP contribution is -2.25. The Bertz CT molecular complexity index is 513. The van der Waals surface area contributed by atoms with Gasteiger partial charge in [0.05, 0.1) is 11.4 Å². The first-order valence-corrected chi connectivity index (χ1v) is 7.84. The molecule has 18 heavy (non-hydrogen) atoms. The third kappa shape index (κ3) is 2.84. The Hall–Kier alpha value is -1.07. The number of anilines is 1. The molecule has 1 atom stereocenters. The van der Waals surface area contributed by atoms with E-state index in [9.17, 15) is 8.42 Å². The molecule has 1 unspecified atom stereocenters. The van der Waals surface area contributed by atoms with Crippen LogP contribution in [0.25, 0.3) is 0 Å². The van der Waals surface area contributed by atoms with Crippen LogP contribution >= 0.6 is 0 Å². The summed E-state index contributed by atoms with van der Waals surface area (Å²) in [6.45, 7) is 2.67. The van der Waals surface area contributed by atoms with Crippen LogP contribution in [-0.4, -0.2) is 32.4 Å². The standard InChI is InChI=1S/C13H19NO3S/c1-11-9-14(18(16,17)10-11)13-6-2-4-12(8-13)5-3-7-15/h2,4,6,8,11,15H,3,5,7,9-10H2,1H3. The summed E-state index contributed by atoms with van der Waals surface area (Å²) in [7, 11) is -3.14. The van der Waals surface area contributed by atoms with Gasteiger partial charge in [0, 0.05) is 13.2 Å². The molecule has 0 aromatic heterocycles. The van der Waals surface area contributed by atoms with Crippen molar-refractivity contribution in [1.82, 2.24) is 0 Å². The molecule has 1 heterocycles. The van der Waals surface area contributed by atoms with Crippen molar-refractivity contribution in [1.29, 1.82) is 0 Å². The summed E-state index contributed by atoms with van der Waals surface area (Å²) in [6.07, 6.45) is 1.47. The van der Waals surface area contributed by atoms with Crippen molar-refractivity contribution >= 4 is 15.7 Å². The highest BCUT2D eigenvalue weighted by Crippen LogP contribution is 2.27. The first-order chi connectivity index (χ1) is 8.53. The zero-order valence-electron chi connectivity index (χ0n) is 10.5. The number of sulfonamides is 1. The second-order valence-electron chi connectivity index (χ2n) is 4.91. The number of hydrogen-bond acceptors (Lipinski definition) is 3. The second-order valence-corrected chi connectivity index (χ2v) is 6.85. The van der Waals surface area contributed by atoms with E-state index in [4.69, 9.17) is 5.11 Å². The number of nitrogens with zero attached hydrogens (tertiary/aromatic N) is 1. The summed E-state index contributed by atoms with van der Waals surface area (Å²) in [5.41, 5.74) is 1.81. The molecule has 1 aliphatic rings. The van der Waals surface area contributed by atoms with Gasteiger partial charge in [0.15, 0.2) is 0 Å². The topological polar surface area (TPSA) is 57.6 Å². The van der Waals surface area contributed by atoms with Gasteiger partial charge in [-0.2, -0.15) is 0 Å². The van der Waals surface area contributed by atoms with Crippen LogP contribution in [0.3, 0.4) is 0 Å². The van der Waals surface area contributed by atoms with Crippen molar-refractivity contribution in [2.24, 2.45) is 5.92 Å². The van der Waals surface area contributed by atoms with Gasteiger partial charge in [-0.3, -0.25) is 4.31 Å². The highest BCUT2D eigenvalue weighted by molar-refractivity contribution is 7.93. The molecule has 0 radical (unpaired) electrons. The zero-order chi connectivity index (χ0) is 13.2. The molecule has 1 N–H and O–H groups in total. The molecule has 4 nitrogen and oxygen atoms in total. The summed E-state index contributed by atoms with van der Waals surface area (Å²) < 4.78 is 25.5. The van der Waals surface area contributed by atoms with Crippen LogP contribution in [0.2, 0.25) is 0 Å². The van der Waals surface area contributed by atoms with Crippen molar-refractivity contribution in [3.8, 4) is 0 Å². The summed E-state index contributed by atoms with van der Waals surface area (Å²) >= 11 is 0. The Labute approximate surface area is 108 Å². The Balaban J connectivity index is 2.23. The van der Waals surface area contributed by atoms with Crippen LogP contribution in [0.5, 0.6) is 0 Å². The van der Waals surface area contributed by atoms with Crippen molar-refractivity contribution in [3.63, 3.8) is 0 Å². The molecule has 1 fully saturated rings. The fourth-order valence-corrected chi connectivity index (χ4v) is 4.24.